The van der Waals surface area contributed by atoms with Crippen molar-refractivity contribution in [3.05, 3.63) is 84.4 Å². The van der Waals surface area contributed by atoms with Crippen LogP contribution in [0.1, 0.15) is 10.8 Å². The Balaban J connectivity index is 1.62. The van der Waals surface area contributed by atoms with Gasteiger partial charge in [-0.05, 0) is 42.0 Å². The summed E-state index contributed by atoms with van der Waals surface area (Å²) >= 11 is 1.22. The summed E-state index contributed by atoms with van der Waals surface area (Å²) in [5.41, 5.74) is 2.18. The zero-order valence-corrected chi connectivity index (χ0v) is 19.0. The lowest BCUT2D eigenvalue weighted by Crippen LogP contribution is -2.20. The molecule has 0 fully saturated rings. The third kappa shape index (κ3) is 4.93. The van der Waals surface area contributed by atoms with E-state index < -0.39 is 5.25 Å². The van der Waals surface area contributed by atoms with Crippen LogP contribution in [0, 0.1) is 0 Å². The molecule has 9 heteroatoms. The molecule has 1 unspecified atom stereocenters. The second-order valence-electron chi connectivity index (χ2n) is 7.00. The average Bonchev–Trinajstić information content (AvgIpc) is 3.23. The first kappa shape index (κ1) is 22.2. The van der Waals surface area contributed by atoms with E-state index in [4.69, 9.17) is 15.3 Å². The largest absolute Gasteiger partial charge is 0.497 e. The number of rotatable bonds is 8. The number of amides is 1. The molecule has 1 aromatic heterocycles. The van der Waals surface area contributed by atoms with Crippen LogP contribution in [-0.4, -0.2) is 35.0 Å². The van der Waals surface area contributed by atoms with Gasteiger partial charge in [0.15, 0.2) is 5.82 Å². The number of aromatic nitrogens is 3. The molecule has 1 atom stereocenters. The van der Waals surface area contributed by atoms with E-state index in [9.17, 15) is 4.79 Å². The molecule has 3 N–H and O–H groups in total. The number of benzene rings is 3. The van der Waals surface area contributed by atoms with Crippen LogP contribution in [0.3, 0.4) is 0 Å². The molecule has 168 valence electrons. The Hall–Kier alpha value is -3.98. The molecule has 0 spiro atoms. The van der Waals surface area contributed by atoms with Crippen molar-refractivity contribution < 1.29 is 14.3 Å². The minimum absolute atomic E-state index is 0.210. The number of hydrogen-bond acceptors (Lipinski definition) is 7. The van der Waals surface area contributed by atoms with Crippen LogP contribution in [0.15, 0.2) is 84.0 Å². The molecule has 0 bridgehead atoms. The highest BCUT2D eigenvalue weighted by molar-refractivity contribution is 8.00. The van der Waals surface area contributed by atoms with Gasteiger partial charge in [0.25, 0.3) is 0 Å². The van der Waals surface area contributed by atoms with E-state index in [1.807, 2.05) is 54.6 Å². The smallest absolute Gasteiger partial charge is 0.242 e. The van der Waals surface area contributed by atoms with Crippen LogP contribution in [0.5, 0.6) is 11.5 Å². The molecule has 0 aliphatic carbocycles. The maximum Gasteiger partial charge on any atom is 0.242 e. The predicted molar refractivity (Wildman–Crippen MR) is 129 cm³/mol. The first-order chi connectivity index (χ1) is 16.1. The fourth-order valence-corrected chi connectivity index (χ4v) is 4.22. The molecule has 1 amide bonds. The maximum absolute atomic E-state index is 13.3. The van der Waals surface area contributed by atoms with Crippen molar-refractivity contribution in [3.8, 4) is 22.9 Å². The molecule has 8 nitrogen and oxygen atoms in total. The highest BCUT2D eigenvalue weighted by Crippen LogP contribution is 2.37. The lowest BCUT2D eigenvalue weighted by atomic mass is 10.1. The third-order valence-electron chi connectivity index (χ3n) is 4.93. The Bertz CT molecular complexity index is 1230. The SMILES string of the molecule is COc1ccc(NC(=O)C(Sc2nnc(-c3ccccc3OC)n2N)c2ccccc2)cc1. The van der Waals surface area contributed by atoms with Crippen LogP contribution in [-0.2, 0) is 4.79 Å². The molecule has 0 saturated carbocycles. The van der Waals surface area contributed by atoms with Gasteiger partial charge in [-0.3, -0.25) is 4.79 Å². The second-order valence-corrected chi connectivity index (χ2v) is 8.08. The minimum Gasteiger partial charge on any atom is -0.497 e. The summed E-state index contributed by atoms with van der Waals surface area (Å²) in [6.45, 7) is 0. The molecule has 1 heterocycles. The predicted octanol–water partition coefficient (Wildman–Crippen LogP) is 4.15. The quantitative estimate of drug-likeness (QED) is 0.300. The average molecular weight is 462 g/mol. The third-order valence-corrected chi connectivity index (χ3v) is 6.14. The van der Waals surface area contributed by atoms with Crippen molar-refractivity contribution in [2.45, 2.75) is 10.4 Å². The monoisotopic (exact) mass is 461 g/mol. The van der Waals surface area contributed by atoms with E-state index in [0.717, 1.165) is 5.56 Å². The molecule has 0 aliphatic rings. The fraction of sp³-hybridized carbons (Fsp3) is 0.125. The maximum atomic E-state index is 13.3. The Morgan fingerprint density at radius 1 is 0.939 bits per heavy atom. The second kappa shape index (κ2) is 10.1. The molecular formula is C24H23N5O3S. The van der Waals surface area contributed by atoms with Gasteiger partial charge in [-0.25, -0.2) is 4.68 Å². The van der Waals surface area contributed by atoms with Gasteiger partial charge in [0.05, 0.1) is 19.8 Å². The summed E-state index contributed by atoms with van der Waals surface area (Å²) < 4.78 is 12.0. The summed E-state index contributed by atoms with van der Waals surface area (Å²) in [7, 11) is 3.18. The Kier molecular flexibility index (Phi) is 6.80. The van der Waals surface area contributed by atoms with Crippen LogP contribution in [0.4, 0.5) is 5.69 Å². The number of ether oxygens (including phenoxy) is 2. The standard InChI is InChI=1S/C24H23N5O3S/c1-31-18-14-12-17(13-15-18)26-23(30)21(16-8-4-3-5-9-16)33-24-28-27-22(29(24)25)19-10-6-7-11-20(19)32-2/h3-15,21H,25H2,1-2H3,(H,26,30). The summed E-state index contributed by atoms with van der Waals surface area (Å²) in [5, 5.41) is 11.2. The van der Waals surface area contributed by atoms with Gasteiger partial charge in [0.2, 0.25) is 11.1 Å². The van der Waals surface area contributed by atoms with Crippen molar-refractivity contribution in [1.82, 2.24) is 14.9 Å². The Morgan fingerprint density at radius 2 is 1.64 bits per heavy atom. The van der Waals surface area contributed by atoms with Gasteiger partial charge in [-0.2, -0.15) is 0 Å². The molecule has 33 heavy (non-hydrogen) atoms. The number of carbonyl (C=O) groups excluding carboxylic acids is 1. The van der Waals surface area contributed by atoms with E-state index in [0.29, 0.717) is 33.7 Å². The molecule has 3 aromatic carbocycles. The number of thioether (sulfide) groups is 1. The first-order valence-corrected chi connectivity index (χ1v) is 11.0. The Labute approximate surface area is 195 Å². The number of methoxy groups -OCH3 is 2. The van der Waals surface area contributed by atoms with E-state index in [2.05, 4.69) is 15.5 Å². The van der Waals surface area contributed by atoms with Gasteiger partial charge in [0.1, 0.15) is 16.7 Å². The number of carbonyl (C=O) groups is 1. The first-order valence-electron chi connectivity index (χ1n) is 10.1. The van der Waals surface area contributed by atoms with Crippen molar-refractivity contribution in [3.63, 3.8) is 0 Å². The van der Waals surface area contributed by atoms with Crippen molar-refractivity contribution in [1.29, 1.82) is 0 Å². The van der Waals surface area contributed by atoms with Crippen LogP contribution in [0.25, 0.3) is 11.4 Å². The zero-order valence-electron chi connectivity index (χ0n) is 18.1. The number of para-hydroxylation sites is 1. The van der Waals surface area contributed by atoms with E-state index in [-0.39, 0.29) is 5.91 Å². The van der Waals surface area contributed by atoms with Gasteiger partial charge >= 0.3 is 0 Å². The van der Waals surface area contributed by atoms with Gasteiger partial charge in [-0.15, -0.1) is 10.2 Å². The Morgan fingerprint density at radius 3 is 2.33 bits per heavy atom. The van der Waals surface area contributed by atoms with Crippen LogP contribution < -0.4 is 20.6 Å². The highest BCUT2D eigenvalue weighted by Gasteiger charge is 2.26. The molecule has 0 saturated heterocycles. The summed E-state index contributed by atoms with van der Waals surface area (Å²) in [6.07, 6.45) is 0. The molecule has 0 aliphatic heterocycles. The zero-order chi connectivity index (χ0) is 23.2. The lowest BCUT2D eigenvalue weighted by molar-refractivity contribution is -0.115. The van der Waals surface area contributed by atoms with E-state index in [1.165, 1.54) is 16.4 Å². The number of nitrogens with one attached hydrogen (secondary N) is 1. The summed E-state index contributed by atoms with van der Waals surface area (Å²) in [5.74, 6) is 7.91. The van der Waals surface area contributed by atoms with Crippen molar-refractivity contribution >= 4 is 23.4 Å². The number of nitrogens with two attached hydrogens (primary N) is 1. The minimum atomic E-state index is -0.606. The topological polar surface area (TPSA) is 104 Å². The normalized spacial score (nSPS) is 11.6. The van der Waals surface area contributed by atoms with Crippen molar-refractivity contribution in [2.24, 2.45) is 0 Å². The number of nitrogen functional groups attached to an aromatic ring is 1. The van der Waals surface area contributed by atoms with E-state index >= 15 is 0 Å². The molecule has 4 rings (SSSR count). The number of nitrogens with zero attached hydrogens (tertiary/aromatic N) is 3. The summed E-state index contributed by atoms with van der Waals surface area (Å²) in [4.78, 5) is 13.3. The number of hydrogen-bond donors (Lipinski definition) is 2. The van der Waals surface area contributed by atoms with Gasteiger partial charge in [0, 0.05) is 5.69 Å². The molecule has 0 radical (unpaired) electrons. The highest BCUT2D eigenvalue weighted by atomic mass is 32.2. The van der Waals surface area contributed by atoms with Gasteiger partial charge in [-0.1, -0.05) is 54.2 Å². The van der Waals surface area contributed by atoms with Gasteiger partial charge < -0.3 is 20.6 Å². The fourth-order valence-electron chi connectivity index (χ4n) is 3.26. The molecule has 4 aromatic rings. The summed E-state index contributed by atoms with van der Waals surface area (Å²) in [6, 6.07) is 24.0. The lowest BCUT2D eigenvalue weighted by Gasteiger charge is -2.17. The van der Waals surface area contributed by atoms with Crippen molar-refractivity contribution in [2.75, 3.05) is 25.4 Å². The molecular weight excluding hydrogens is 438 g/mol. The number of anilines is 1. The van der Waals surface area contributed by atoms with Crippen LogP contribution >= 0.6 is 11.8 Å². The van der Waals surface area contributed by atoms with E-state index in [1.54, 1.807) is 38.5 Å². The van der Waals surface area contributed by atoms with Crippen LogP contribution in [0.2, 0.25) is 0 Å².